The van der Waals surface area contributed by atoms with Gasteiger partial charge in [-0.1, -0.05) is 30.3 Å². The molecule has 2 rings (SSSR count). The average Bonchev–Trinajstić information content (AvgIpc) is 2.75. The summed E-state index contributed by atoms with van der Waals surface area (Å²) in [5, 5.41) is 18.3. The zero-order valence-corrected chi connectivity index (χ0v) is 17.0. The highest BCUT2D eigenvalue weighted by molar-refractivity contribution is 7.51. The van der Waals surface area contributed by atoms with Crippen LogP contribution in [-0.2, 0) is 6.54 Å². The molecular weight excluding hydrogens is 372 g/mol. The molecule has 1 aromatic carbocycles. The molecule has 2 unspecified atom stereocenters. The van der Waals surface area contributed by atoms with Crippen molar-refractivity contribution in [3.8, 4) is 0 Å². The first kappa shape index (κ1) is 22.1. The van der Waals surface area contributed by atoms with Crippen LogP contribution in [0.2, 0.25) is 0 Å². The van der Waals surface area contributed by atoms with Gasteiger partial charge in [-0.25, -0.2) is 0 Å². The molecule has 0 aromatic heterocycles. The first-order valence-corrected chi connectivity index (χ1v) is 12.2. The summed E-state index contributed by atoms with van der Waals surface area (Å²) < 4.78 is 0. The first-order chi connectivity index (χ1) is 12.6. The molecule has 1 heterocycles. The maximum absolute atomic E-state index is 9.87. The number of nitrogens with zero attached hydrogens (tertiary/aromatic N) is 3. The summed E-state index contributed by atoms with van der Waals surface area (Å²) in [5.41, 5.74) is 1.27. The van der Waals surface area contributed by atoms with Crippen molar-refractivity contribution in [2.24, 2.45) is 0 Å². The van der Waals surface area contributed by atoms with Gasteiger partial charge < -0.3 is 20.0 Å². The van der Waals surface area contributed by atoms with Crippen LogP contribution in [0.25, 0.3) is 0 Å². The van der Waals surface area contributed by atoms with Crippen LogP contribution in [0, 0.1) is 0 Å². The third kappa shape index (κ3) is 8.22. The predicted octanol–water partition coefficient (Wildman–Crippen LogP) is 0.699. The molecule has 1 aliphatic heterocycles. The number of hydrogen-bond acceptors (Lipinski definition) is 7. The molecule has 148 valence electrons. The van der Waals surface area contributed by atoms with Crippen molar-refractivity contribution in [1.82, 2.24) is 14.7 Å². The quantitative estimate of drug-likeness (QED) is 0.475. The van der Waals surface area contributed by atoms with E-state index in [-0.39, 0.29) is 12.7 Å². The largest absolute Gasteiger partial charge is 0.389 e. The van der Waals surface area contributed by atoms with Gasteiger partial charge in [-0.2, -0.15) is 0 Å². The third-order valence-electron chi connectivity index (χ3n) is 4.50. The minimum Gasteiger partial charge on any atom is -0.389 e. The summed E-state index contributed by atoms with van der Waals surface area (Å²) in [4.78, 5) is 26.5. The van der Waals surface area contributed by atoms with Gasteiger partial charge in [0.05, 0.1) is 29.0 Å². The molecule has 0 aliphatic carbocycles. The fourth-order valence-electron chi connectivity index (χ4n) is 3.02. The Morgan fingerprint density at radius 1 is 0.692 bits per heavy atom. The Morgan fingerprint density at radius 3 is 1.54 bits per heavy atom. The van der Waals surface area contributed by atoms with Gasteiger partial charge in [0.1, 0.15) is 0 Å². The maximum atomic E-state index is 9.87. The molecule has 0 saturated carbocycles. The van der Waals surface area contributed by atoms with E-state index in [2.05, 4.69) is 26.8 Å². The SMILES string of the molecule is OCP(O)CN1CCN(Cc2ccccc2)CCN(CP(O)CO)CC1. The highest BCUT2D eigenvalue weighted by Gasteiger charge is 2.20. The number of benzene rings is 1. The lowest BCUT2D eigenvalue weighted by Gasteiger charge is -2.27. The summed E-state index contributed by atoms with van der Waals surface area (Å²) in [6, 6.07) is 10.4. The van der Waals surface area contributed by atoms with E-state index < -0.39 is 16.3 Å². The Morgan fingerprint density at radius 2 is 1.12 bits per heavy atom. The molecule has 4 N–H and O–H groups in total. The molecule has 0 radical (unpaired) electrons. The average molecular weight is 403 g/mol. The first-order valence-electron chi connectivity index (χ1n) is 8.91. The lowest BCUT2D eigenvalue weighted by molar-refractivity contribution is 0.222. The fraction of sp³-hybridized carbons (Fsp3) is 0.647. The van der Waals surface area contributed by atoms with Crippen LogP contribution < -0.4 is 0 Å². The van der Waals surface area contributed by atoms with Crippen molar-refractivity contribution in [3.63, 3.8) is 0 Å². The lowest BCUT2D eigenvalue weighted by Crippen LogP contribution is -2.36. The van der Waals surface area contributed by atoms with Crippen molar-refractivity contribution < 1.29 is 20.0 Å². The van der Waals surface area contributed by atoms with Crippen molar-refractivity contribution >= 4 is 16.3 Å². The topological polar surface area (TPSA) is 90.6 Å². The Kier molecular flexibility index (Phi) is 10.4. The molecule has 9 heteroatoms. The van der Waals surface area contributed by atoms with Gasteiger partial charge in [0, 0.05) is 58.4 Å². The molecule has 0 amide bonds. The maximum Gasteiger partial charge on any atom is 0.0881 e. The molecule has 1 aliphatic rings. The predicted molar refractivity (Wildman–Crippen MR) is 107 cm³/mol. The van der Waals surface area contributed by atoms with Crippen LogP contribution in [0.5, 0.6) is 0 Å². The van der Waals surface area contributed by atoms with E-state index in [0.717, 1.165) is 45.8 Å². The van der Waals surface area contributed by atoms with Crippen LogP contribution in [0.15, 0.2) is 30.3 Å². The number of aliphatic hydroxyl groups is 2. The third-order valence-corrected chi connectivity index (χ3v) is 6.61. The molecule has 7 nitrogen and oxygen atoms in total. The highest BCUT2D eigenvalue weighted by Crippen LogP contribution is 2.30. The van der Waals surface area contributed by atoms with Gasteiger partial charge in [-0.05, 0) is 5.56 Å². The fourth-order valence-corrected chi connectivity index (χ4v) is 4.69. The van der Waals surface area contributed by atoms with E-state index >= 15 is 0 Å². The summed E-state index contributed by atoms with van der Waals surface area (Å²) in [7, 11) is -2.74. The summed E-state index contributed by atoms with van der Waals surface area (Å²) in [5.74, 6) is 0. The molecule has 0 bridgehead atoms. The summed E-state index contributed by atoms with van der Waals surface area (Å²) >= 11 is 0. The van der Waals surface area contributed by atoms with E-state index in [1.807, 2.05) is 18.2 Å². The molecule has 1 saturated heterocycles. The molecule has 0 spiro atoms. The van der Waals surface area contributed by atoms with Gasteiger partial charge in [0.15, 0.2) is 0 Å². The van der Waals surface area contributed by atoms with E-state index in [0.29, 0.717) is 12.6 Å². The van der Waals surface area contributed by atoms with Crippen molar-refractivity contribution in [2.75, 3.05) is 64.5 Å². The second kappa shape index (κ2) is 12.3. The molecular formula is C17H31N3O4P2. The zero-order chi connectivity index (χ0) is 18.8. The van der Waals surface area contributed by atoms with Gasteiger partial charge in [0.25, 0.3) is 0 Å². The van der Waals surface area contributed by atoms with Gasteiger partial charge in [0.2, 0.25) is 0 Å². The Balaban J connectivity index is 2.01. The second-order valence-corrected chi connectivity index (χ2v) is 9.73. The second-order valence-electron chi connectivity index (χ2n) is 6.58. The van der Waals surface area contributed by atoms with E-state index in [9.17, 15) is 9.79 Å². The standard InChI is InChI=1S/C17H31N3O4P2/c21-15-25(23)13-19-8-6-18(12-17-4-2-1-3-5-17)7-9-20(11-10-19)14-26(24)16-22/h1-5,21-24H,6-16H2. The minimum atomic E-state index is -1.37. The van der Waals surface area contributed by atoms with Gasteiger partial charge in [-0.15, -0.1) is 0 Å². The zero-order valence-electron chi connectivity index (χ0n) is 15.2. The van der Waals surface area contributed by atoms with E-state index in [4.69, 9.17) is 10.2 Å². The van der Waals surface area contributed by atoms with Crippen LogP contribution in [0.1, 0.15) is 5.56 Å². The Hall–Kier alpha value is -0.200. The molecule has 1 fully saturated rings. The smallest absolute Gasteiger partial charge is 0.0881 e. The van der Waals surface area contributed by atoms with Crippen LogP contribution in [0.3, 0.4) is 0 Å². The van der Waals surface area contributed by atoms with Gasteiger partial charge in [-0.3, -0.25) is 14.7 Å². The molecule has 26 heavy (non-hydrogen) atoms. The summed E-state index contributed by atoms with van der Waals surface area (Å²) in [6.07, 6.45) is 0.672. The number of rotatable bonds is 8. The van der Waals surface area contributed by atoms with Crippen LogP contribution in [0.4, 0.5) is 0 Å². The molecule has 1 aromatic rings. The van der Waals surface area contributed by atoms with Crippen LogP contribution >= 0.6 is 16.3 Å². The van der Waals surface area contributed by atoms with E-state index in [1.54, 1.807) is 0 Å². The van der Waals surface area contributed by atoms with Crippen molar-refractivity contribution in [3.05, 3.63) is 35.9 Å². The minimum absolute atomic E-state index is 0.171. The van der Waals surface area contributed by atoms with Crippen molar-refractivity contribution in [1.29, 1.82) is 0 Å². The van der Waals surface area contributed by atoms with Crippen LogP contribution in [-0.4, -0.2) is 99.2 Å². The van der Waals surface area contributed by atoms with Gasteiger partial charge >= 0.3 is 0 Å². The monoisotopic (exact) mass is 403 g/mol. The highest BCUT2D eigenvalue weighted by atomic mass is 31.1. The summed E-state index contributed by atoms with van der Waals surface area (Å²) in [6.45, 7) is 5.91. The molecule has 2 atom stereocenters. The lowest BCUT2D eigenvalue weighted by atomic mass is 10.2. The van der Waals surface area contributed by atoms with E-state index in [1.165, 1.54) is 5.56 Å². The van der Waals surface area contributed by atoms with Crippen molar-refractivity contribution in [2.45, 2.75) is 6.54 Å². The normalized spacial score (nSPS) is 20.9. The number of hydrogen-bond donors (Lipinski definition) is 4. The Bertz CT molecular complexity index is 476. The number of aliphatic hydroxyl groups excluding tert-OH is 2. The Labute approximate surface area is 158 Å².